The summed E-state index contributed by atoms with van der Waals surface area (Å²) < 4.78 is 58.8. The van der Waals surface area contributed by atoms with Gasteiger partial charge in [-0.05, 0) is 62.2 Å². The third-order valence-electron chi connectivity index (χ3n) is 5.01. The molecule has 31 heavy (non-hydrogen) atoms. The van der Waals surface area contributed by atoms with Crippen molar-refractivity contribution in [3.8, 4) is 0 Å². The molecular weight excluding hydrogens is 430 g/mol. The molecule has 0 unspecified atom stereocenters. The van der Waals surface area contributed by atoms with Crippen molar-refractivity contribution in [2.75, 3.05) is 25.0 Å². The fraction of sp³-hybridized carbons (Fsp3) is 0.333. The maximum atomic E-state index is 13.9. The van der Waals surface area contributed by atoms with Crippen molar-refractivity contribution in [3.63, 3.8) is 0 Å². The first-order chi connectivity index (χ1) is 14.7. The van der Waals surface area contributed by atoms with Gasteiger partial charge in [0, 0.05) is 24.7 Å². The molecule has 1 amide bonds. The number of hydrogen-bond donors (Lipinski definition) is 1. The molecule has 1 aliphatic heterocycles. The van der Waals surface area contributed by atoms with Crippen LogP contribution in [0.1, 0.15) is 30.1 Å². The maximum Gasteiger partial charge on any atom is 0.341 e. The molecule has 1 aliphatic rings. The van der Waals surface area contributed by atoms with Gasteiger partial charge in [0.2, 0.25) is 15.9 Å². The number of amides is 1. The average Bonchev–Trinajstić information content (AvgIpc) is 2.75. The highest BCUT2D eigenvalue weighted by Gasteiger charge is 2.33. The smallest absolute Gasteiger partial charge is 0.341 e. The minimum Gasteiger partial charge on any atom is -0.462 e. The lowest BCUT2D eigenvalue weighted by Crippen LogP contribution is -2.41. The van der Waals surface area contributed by atoms with Crippen LogP contribution in [0.15, 0.2) is 47.4 Å². The van der Waals surface area contributed by atoms with Gasteiger partial charge in [0.05, 0.1) is 17.1 Å². The number of carbonyl (C=O) groups is 2. The standard InChI is InChI=1S/C21H22F2N2O5S/c1-2-30-21(27)18-13-17(7-8-19(18)23)31(28,29)25-11-9-14(10-12-25)20(26)24-16-5-3-15(22)4-6-16/h3-8,13-14H,2,9-12H2,1H3,(H,24,26). The van der Waals surface area contributed by atoms with E-state index in [0.29, 0.717) is 5.69 Å². The Hall–Kier alpha value is -2.85. The first-order valence-electron chi connectivity index (χ1n) is 9.75. The second-order valence-corrected chi connectivity index (χ2v) is 8.97. The van der Waals surface area contributed by atoms with Crippen LogP contribution in [0.25, 0.3) is 0 Å². The van der Waals surface area contributed by atoms with Crippen LogP contribution >= 0.6 is 0 Å². The average molecular weight is 452 g/mol. The van der Waals surface area contributed by atoms with Gasteiger partial charge < -0.3 is 10.1 Å². The number of nitrogens with one attached hydrogen (secondary N) is 1. The summed E-state index contributed by atoms with van der Waals surface area (Å²) in [5.74, 6) is -2.89. The highest BCUT2D eigenvalue weighted by Crippen LogP contribution is 2.26. The van der Waals surface area contributed by atoms with E-state index < -0.39 is 39.1 Å². The Kier molecular flexibility index (Phi) is 7.01. The predicted octanol–water partition coefficient (Wildman–Crippen LogP) is 3.18. The predicted molar refractivity (Wildman–Crippen MR) is 109 cm³/mol. The maximum absolute atomic E-state index is 13.9. The number of benzene rings is 2. The van der Waals surface area contributed by atoms with Crippen molar-refractivity contribution in [3.05, 3.63) is 59.7 Å². The van der Waals surface area contributed by atoms with E-state index in [9.17, 15) is 26.8 Å². The summed E-state index contributed by atoms with van der Waals surface area (Å²) in [7, 11) is -3.98. The number of esters is 1. The number of halogens is 2. The van der Waals surface area contributed by atoms with Crippen LogP contribution in [0.4, 0.5) is 14.5 Å². The number of piperidine rings is 1. The molecule has 0 radical (unpaired) electrons. The van der Waals surface area contributed by atoms with Gasteiger partial charge in [-0.15, -0.1) is 0 Å². The SMILES string of the molecule is CCOC(=O)c1cc(S(=O)(=O)N2CCC(C(=O)Nc3ccc(F)cc3)CC2)ccc1F. The van der Waals surface area contributed by atoms with E-state index in [2.05, 4.69) is 5.32 Å². The van der Waals surface area contributed by atoms with Crippen molar-refractivity contribution in [1.29, 1.82) is 0 Å². The number of ether oxygens (including phenoxy) is 1. The highest BCUT2D eigenvalue weighted by molar-refractivity contribution is 7.89. The van der Waals surface area contributed by atoms with Gasteiger partial charge in [-0.2, -0.15) is 4.31 Å². The fourth-order valence-corrected chi connectivity index (χ4v) is 4.81. The highest BCUT2D eigenvalue weighted by atomic mass is 32.2. The molecule has 0 saturated carbocycles. The molecule has 1 saturated heterocycles. The number of carbonyl (C=O) groups excluding carboxylic acids is 2. The van der Waals surface area contributed by atoms with Crippen molar-refractivity contribution >= 4 is 27.6 Å². The van der Waals surface area contributed by atoms with Gasteiger partial charge in [0.1, 0.15) is 11.6 Å². The van der Waals surface area contributed by atoms with Crippen LogP contribution in [0, 0.1) is 17.6 Å². The summed E-state index contributed by atoms with van der Waals surface area (Å²) in [6.07, 6.45) is 0.580. The van der Waals surface area contributed by atoms with Crippen LogP contribution in [-0.2, 0) is 19.6 Å². The molecule has 7 nitrogen and oxygen atoms in total. The van der Waals surface area contributed by atoms with E-state index in [0.717, 1.165) is 18.2 Å². The molecule has 0 bridgehead atoms. The minimum atomic E-state index is -3.98. The van der Waals surface area contributed by atoms with E-state index in [1.165, 1.54) is 28.6 Å². The first kappa shape index (κ1) is 22.8. The van der Waals surface area contributed by atoms with Crippen LogP contribution in [-0.4, -0.2) is 44.3 Å². The molecule has 10 heteroatoms. The lowest BCUT2D eigenvalue weighted by molar-refractivity contribution is -0.120. The normalized spacial score (nSPS) is 15.5. The second-order valence-electron chi connectivity index (χ2n) is 7.04. The number of anilines is 1. The van der Waals surface area contributed by atoms with Crippen LogP contribution in [0.3, 0.4) is 0 Å². The molecular formula is C21H22F2N2O5S. The molecule has 0 aliphatic carbocycles. The number of rotatable bonds is 6. The summed E-state index contributed by atoms with van der Waals surface area (Å²) in [5.41, 5.74) is 0.00995. The molecule has 0 spiro atoms. The first-order valence-corrected chi connectivity index (χ1v) is 11.2. The Labute approximate surface area is 179 Å². The third kappa shape index (κ3) is 5.26. The Morgan fingerprint density at radius 2 is 1.74 bits per heavy atom. The van der Waals surface area contributed by atoms with Gasteiger partial charge >= 0.3 is 5.97 Å². The Balaban J connectivity index is 1.67. The zero-order valence-electron chi connectivity index (χ0n) is 16.8. The summed E-state index contributed by atoms with van der Waals surface area (Å²) in [4.78, 5) is 24.1. The van der Waals surface area contributed by atoms with Crippen molar-refractivity contribution in [2.45, 2.75) is 24.7 Å². The molecule has 1 fully saturated rings. The molecule has 166 valence electrons. The lowest BCUT2D eigenvalue weighted by atomic mass is 9.97. The van der Waals surface area contributed by atoms with E-state index in [4.69, 9.17) is 4.74 Å². The molecule has 3 rings (SSSR count). The third-order valence-corrected chi connectivity index (χ3v) is 6.90. The zero-order valence-corrected chi connectivity index (χ0v) is 17.6. The molecule has 2 aromatic carbocycles. The van der Waals surface area contributed by atoms with Crippen molar-refractivity contribution in [1.82, 2.24) is 4.31 Å². The summed E-state index contributed by atoms with van der Waals surface area (Å²) >= 11 is 0. The van der Waals surface area contributed by atoms with Crippen LogP contribution < -0.4 is 5.32 Å². The van der Waals surface area contributed by atoms with Gasteiger partial charge in [0.25, 0.3) is 0 Å². The Morgan fingerprint density at radius 3 is 2.35 bits per heavy atom. The zero-order chi connectivity index (χ0) is 22.6. The van der Waals surface area contributed by atoms with Crippen LogP contribution in [0.5, 0.6) is 0 Å². The van der Waals surface area contributed by atoms with Crippen LogP contribution in [0.2, 0.25) is 0 Å². The molecule has 0 atom stereocenters. The summed E-state index contributed by atoms with van der Waals surface area (Å²) in [6.45, 7) is 1.78. The van der Waals surface area contributed by atoms with Gasteiger partial charge in [-0.3, -0.25) is 4.79 Å². The molecule has 1 heterocycles. The summed E-state index contributed by atoms with van der Waals surface area (Å²) in [6, 6.07) is 8.35. The van der Waals surface area contributed by atoms with E-state index in [1.807, 2.05) is 0 Å². The number of sulfonamides is 1. The topological polar surface area (TPSA) is 92.8 Å². The van der Waals surface area contributed by atoms with E-state index in [1.54, 1.807) is 6.92 Å². The molecule has 2 aromatic rings. The van der Waals surface area contributed by atoms with E-state index >= 15 is 0 Å². The largest absolute Gasteiger partial charge is 0.462 e. The quantitative estimate of drug-likeness (QED) is 0.680. The van der Waals surface area contributed by atoms with Crippen molar-refractivity contribution in [2.24, 2.45) is 5.92 Å². The number of hydrogen-bond acceptors (Lipinski definition) is 5. The number of nitrogens with zero attached hydrogens (tertiary/aromatic N) is 1. The molecule has 0 aromatic heterocycles. The lowest BCUT2D eigenvalue weighted by Gasteiger charge is -2.30. The van der Waals surface area contributed by atoms with Crippen molar-refractivity contribution < 1.29 is 31.5 Å². The van der Waals surface area contributed by atoms with Gasteiger partial charge in [-0.25, -0.2) is 22.0 Å². The van der Waals surface area contributed by atoms with Gasteiger partial charge in [0.15, 0.2) is 0 Å². The fourth-order valence-electron chi connectivity index (χ4n) is 3.32. The Bertz CT molecular complexity index is 1070. The van der Waals surface area contributed by atoms with E-state index in [-0.39, 0.29) is 43.3 Å². The Morgan fingerprint density at radius 1 is 1.10 bits per heavy atom. The van der Waals surface area contributed by atoms with Gasteiger partial charge in [-0.1, -0.05) is 0 Å². The monoisotopic (exact) mass is 452 g/mol. The summed E-state index contributed by atoms with van der Waals surface area (Å²) in [5, 5.41) is 2.70. The second kappa shape index (κ2) is 9.52. The molecule has 1 N–H and O–H groups in total. The minimum absolute atomic E-state index is 0.0305.